The topological polar surface area (TPSA) is 83.5 Å². The molecule has 0 unspecified atom stereocenters. The van der Waals surface area contributed by atoms with E-state index in [0.717, 1.165) is 16.0 Å². The fraction of sp³-hybridized carbons (Fsp3) is 0.211. The Balaban J connectivity index is 1.90. The molecule has 0 saturated heterocycles. The van der Waals surface area contributed by atoms with Crippen LogP contribution in [0.15, 0.2) is 53.4 Å². The molecule has 130 valence electrons. The molecule has 0 bridgehead atoms. The Bertz CT molecular complexity index is 754. The second-order valence-electron chi connectivity index (χ2n) is 5.51. The monoisotopic (exact) mass is 357 g/mol. The average molecular weight is 357 g/mol. The summed E-state index contributed by atoms with van der Waals surface area (Å²) in [6, 6.07) is 14.5. The summed E-state index contributed by atoms with van der Waals surface area (Å²) in [7, 11) is 0. The zero-order valence-corrected chi connectivity index (χ0v) is 14.6. The van der Waals surface area contributed by atoms with E-state index in [1.807, 2.05) is 30.5 Å². The maximum absolute atomic E-state index is 12.2. The summed E-state index contributed by atoms with van der Waals surface area (Å²) in [4.78, 5) is 35.5. The maximum atomic E-state index is 12.2. The van der Waals surface area contributed by atoms with Crippen molar-refractivity contribution in [2.75, 3.05) is 12.8 Å². The SMILES string of the molecule is CSc1ccc(CC(=O)Cc2ccc(C(=O)NCC(=O)O)cc2)cc1. The van der Waals surface area contributed by atoms with Gasteiger partial charge in [0.25, 0.3) is 5.91 Å². The van der Waals surface area contributed by atoms with Crippen LogP contribution in [0.3, 0.4) is 0 Å². The molecular weight excluding hydrogens is 338 g/mol. The van der Waals surface area contributed by atoms with Crippen molar-refractivity contribution in [2.45, 2.75) is 17.7 Å². The van der Waals surface area contributed by atoms with Crippen LogP contribution < -0.4 is 5.32 Å². The van der Waals surface area contributed by atoms with Crippen LogP contribution in [0.25, 0.3) is 0 Å². The number of nitrogens with one attached hydrogen (secondary N) is 1. The first-order valence-corrected chi connectivity index (χ1v) is 8.94. The molecule has 2 rings (SSSR count). The molecule has 2 aromatic rings. The van der Waals surface area contributed by atoms with Crippen LogP contribution >= 0.6 is 11.8 Å². The van der Waals surface area contributed by atoms with Crippen molar-refractivity contribution in [1.82, 2.24) is 5.32 Å². The van der Waals surface area contributed by atoms with Gasteiger partial charge >= 0.3 is 5.97 Å². The molecule has 0 aliphatic carbocycles. The lowest BCUT2D eigenvalue weighted by Gasteiger charge is -2.05. The normalized spacial score (nSPS) is 10.3. The fourth-order valence-electron chi connectivity index (χ4n) is 2.29. The Morgan fingerprint density at radius 1 is 0.920 bits per heavy atom. The van der Waals surface area contributed by atoms with Gasteiger partial charge in [0.1, 0.15) is 12.3 Å². The molecule has 2 aromatic carbocycles. The van der Waals surface area contributed by atoms with Crippen LogP contribution in [-0.2, 0) is 22.4 Å². The van der Waals surface area contributed by atoms with Gasteiger partial charge in [0, 0.05) is 23.3 Å². The first-order chi connectivity index (χ1) is 12.0. The fourth-order valence-corrected chi connectivity index (χ4v) is 2.70. The van der Waals surface area contributed by atoms with Crippen LogP contribution in [0.4, 0.5) is 0 Å². The molecule has 0 fully saturated rings. The number of hydrogen-bond acceptors (Lipinski definition) is 4. The lowest BCUT2D eigenvalue weighted by molar-refractivity contribution is -0.135. The first kappa shape index (κ1) is 18.7. The second-order valence-corrected chi connectivity index (χ2v) is 6.39. The van der Waals surface area contributed by atoms with E-state index in [0.29, 0.717) is 18.4 Å². The number of rotatable bonds is 8. The Morgan fingerprint density at radius 2 is 1.44 bits per heavy atom. The molecule has 5 nitrogen and oxygen atoms in total. The van der Waals surface area contributed by atoms with Gasteiger partial charge in [-0.2, -0.15) is 0 Å². The van der Waals surface area contributed by atoms with Crippen molar-refractivity contribution in [3.05, 3.63) is 65.2 Å². The highest BCUT2D eigenvalue weighted by Gasteiger charge is 2.09. The lowest BCUT2D eigenvalue weighted by Crippen LogP contribution is -2.29. The third-order valence-electron chi connectivity index (χ3n) is 3.58. The summed E-state index contributed by atoms with van der Waals surface area (Å²) in [5, 5.41) is 10.8. The van der Waals surface area contributed by atoms with Crippen LogP contribution in [-0.4, -0.2) is 35.6 Å². The molecule has 25 heavy (non-hydrogen) atoms. The minimum atomic E-state index is -1.10. The molecule has 0 spiro atoms. The van der Waals surface area contributed by atoms with E-state index in [2.05, 4.69) is 5.32 Å². The van der Waals surface area contributed by atoms with E-state index in [4.69, 9.17) is 5.11 Å². The van der Waals surface area contributed by atoms with Gasteiger partial charge in [0.15, 0.2) is 0 Å². The van der Waals surface area contributed by atoms with Crippen LogP contribution in [0.5, 0.6) is 0 Å². The molecule has 1 amide bonds. The summed E-state index contributed by atoms with van der Waals surface area (Å²) in [6.07, 6.45) is 2.67. The minimum absolute atomic E-state index is 0.0972. The van der Waals surface area contributed by atoms with Gasteiger partial charge in [0.05, 0.1) is 0 Å². The van der Waals surface area contributed by atoms with Crippen molar-refractivity contribution in [3.8, 4) is 0 Å². The number of amides is 1. The second kappa shape index (κ2) is 9.03. The Hall–Kier alpha value is -2.60. The molecule has 0 radical (unpaired) electrons. The number of Topliss-reactive ketones (excluding diaryl/α,β-unsaturated/α-hetero) is 1. The van der Waals surface area contributed by atoms with Gasteiger partial charge in [-0.05, 0) is 41.6 Å². The maximum Gasteiger partial charge on any atom is 0.322 e. The number of carboxylic acid groups (broad SMARTS) is 1. The van der Waals surface area contributed by atoms with Crippen LogP contribution in [0.1, 0.15) is 21.5 Å². The number of hydrogen-bond donors (Lipinski definition) is 2. The number of carbonyl (C=O) groups is 3. The van der Waals surface area contributed by atoms with Crippen LogP contribution in [0, 0.1) is 0 Å². The predicted octanol–water partition coefficient (Wildman–Crippen LogP) is 2.58. The largest absolute Gasteiger partial charge is 0.480 e. The summed E-state index contributed by atoms with van der Waals surface area (Å²) >= 11 is 1.66. The zero-order valence-electron chi connectivity index (χ0n) is 13.8. The third-order valence-corrected chi connectivity index (χ3v) is 4.32. The Morgan fingerprint density at radius 3 is 1.92 bits per heavy atom. The smallest absolute Gasteiger partial charge is 0.322 e. The highest BCUT2D eigenvalue weighted by molar-refractivity contribution is 7.98. The molecule has 0 heterocycles. The number of benzene rings is 2. The molecule has 0 aliphatic rings. The van der Waals surface area contributed by atoms with Gasteiger partial charge in [-0.15, -0.1) is 11.8 Å². The number of aliphatic carboxylic acids is 1. The van der Waals surface area contributed by atoms with E-state index in [-0.39, 0.29) is 5.78 Å². The van der Waals surface area contributed by atoms with Gasteiger partial charge < -0.3 is 10.4 Å². The standard InChI is InChI=1S/C19H19NO4S/c1-25-17-8-4-14(5-9-17)11-16(21)10-13-2-6-15(7-3-13)19(24)20-12-18(22)23/h2-9H,10-12H2,1H3,(H,20,24)(H,22,23). The first-order valence-electron chi connectivity index (χ1n) is 7.71. The number of carbonyl (C=O) groups excluding carboxylic acids is 2. The molecule has 2 N–H and O–H groups in total. The van der Waals surface area contributed by atoms with E-state index >= 15 is 0 Å². The molecule has 0 atom stereocenters. The zero-order chi connectivity index (χ0) is 18.2. The van der Waals surface area contributed by atoms with Crippen molar-refractivity contribution in [3.63, 3.8) is 0 Å². The van der Waals surface area contributed by atoms with Gasteiger partial charge in [0.2, 0.25) is 0 Å². The minimum Gasteiger partial charge on any atom is -0.480 e. The molecular formula is C19H19NO4S. The average Bonchev–Trinajstić information content (AvgIpc) is 2.61. The summed E-state index contributed by atoms with van der Waals surface area (Å²) in [6.45, 7) is -0.422. The molecule has 0 saturated carbocycles. The van der Waals surface area contributed by atoms with Crippen molar-refractivity contribution in [1.29, 1.82) is 0 Å². The number of ketones is 1. The summed E-state index contributed by atoms with van der Waals surface area (Å²) < 4.78 is 0. The van der Waals surface area contributed by atoms with E-state index in [9.17, 15) is 14.4 Å². The van der Waals surface area contributed by atoms with Gasteiger partial charge in [-0.25, -0.2) is 0 Å². The predicted molar refractivity (Wildman–Crippen MR) is 97.0 cm³/mol. The number of thioether (sulfide) groups is 1. The third kappa shape index (κ3) is 6.08. The van der Waals surface area contributed by atoms with E-state index in [1.165, 1.54) is 0 Å². The van der Waals surface area contributed by atoms with Gasteiger partial charge in [-0.3, -0.25) is 14.4 Å². The summed E-state index contributed by atoms with van der Waals surface area (Å²) in [5.74, 6) is -1.45. The highest BCUT2D eigenvalue weighted by atomic mass is 32.2. The Kier molecular flexibility index (Phi) is 6.77. The van der Waals surface area contributed by atoms with Crippen LogP contribution in [0.2, 0.25) is 0 Å². The molecule has 0 aliphatic heterocycles. The lowest BCUT2D eigenvalue weighted by atomic mass is 10.0. The molecule has 0 aromatic heterocycles. The Labute approximate surface area is 150 Å². The van der Waals surface area contributed by atoms with Crippen molar-refractivity contribution in [2.24, 2.45) is 0 Å². The summed E-state index contributed by atoms with van der Waals surface area (Å²) in [5.41, 5.74) is 2.16. The van der Waals surface area contributed by atoms with Crippen molar-refractivity contribution < 1.29 is 19.5 Å². The number of carboxylic acids is 1. The molecule has 6 heteroatoms. The van der Waals surface area contributed by atoms with E-state index < -0.39 is 18.4 Å². The van der Waals surface area contributed by atoms with Gasteiger partial charge in [-0.1, -0.05) is 24.3 Å². The highest BCUT2D eigenvalue weighted by Crippen LogP contribution is 2.15. The van der Waals surface area contributed by atoms with E-state index in [1.54, 1.807) is 36.0 Å². The van der Waals surface area contributed by atoms with Crippen molar-refractivity contribution >= 4 is 29.4 Å². The quantitative estimate of drug-likeness (QED) is 0.710.